The maximum Gasteiger partial charge on any atom is 0.417 e. The predicted molar refractivity (Wildman–Crippen MR) is 66.9 cm³/mol. The molecule has 0 amide bonds. The van der Waals surface area contributed by atoms with Gasteiger partial charge in [-0.1, -0.05) is 24.3 Å². The maximum absolute atomic E-state index is 12.9. The first-order valence-electron chi connectivity index (χ1n) is 5.83. The average molecular weight is 265 g/mol. The summed E-state index contributed by atoms with van der Waals surface area (Å²) in [5, 5.41) is 0. The Hall–Kier alpha value is -1.97. The van der Waals surface area contributed by atoms with Gasteiger partial charge in [0.1, 0.15) is 5.75 Å². The van der Waals surface area contributed by atoms with Crippen molar-refractivity contribution in [2.24, 2.45) is 0 Å². The van der Waals surface area contributed by atoms with Crippen molar-refractivity contribution in [1.29, 1.82) is 0 Å². The highest BCUT2D eigenvalue weighted by Crippen LogP contribution is 2.37. The van der Waals surface area contributed by atoms with E-state index < -0.39 is 11.7 Å². The summed E-state index contributed by atoms with van der Waals surface area (Å²) < 4.78 is 43.9. The van der Waals surface area contributed by atoms with Gasteiger partial charge in [-0.25, -0.2) is 0 Å². The van der Waals surface area contributed by atoms with Gasteiger partial charge < -0.3 is 4.74 Å². The highest BCUT2D eigenvalue weighted by molar-refractivity contribution is 5.68. The minimum absolute atomic E-state index is 0.147. The molecule has 0 spiro atoms. The van der Waals surface area contributed by atoms with E-state index in [9.17, 15) is 13.2 Å². The number of hydrogen-bond acceptors (Lipinski definition) is 1. The molecule has 0 saturated heterocycles. The molecule has 0 heterocycles. The van der Waals surface area contributed by atoms with E-state index in [1.165, 1.54) is 12.1 Å². The number of hydrogen-bond donors (Lipinski definition) is 0. The lowest BCUT2D eigenvalue weighted by Crippen LogP contribution is -2.06. The molecule has 0 aliphatic rings. The fourth-order valence-corrected chi connectivity index (χ4v) is 1.81. The van der Waals surface area contributed by atoms with Crippen molar-refractivity contribution in [2.45, 2.75) is 13.1 Å². The SMILES string of the molecule is CCOc1ccc(-c2cc[c]cc2C(F)(F)F)cc1. The van der Waals surface area contributed by atoms with Crippen molar-refractivity contribution in [3.63, 3.8) is 0 Å². The first-order valence-corrected chi connectivity index (χ1v) is 5.83. The van der Waals surface area contributed by atoms with Crippen LogP contribution in [0.3, 0.4) is 0 Å². The second-order valence-corrected chi connectivity index (χ2v) is 3.93. The Morgan fingerprint density at radius 1 is 1.11 bits per heavy atom. The third-order valence-electron chi connectivity index (χ3n) is 2.65. The van der Waals surface area contributed by atoms with Gasteiger partial charge in [0.15, 0.2) is 0 Å². The van der Waals surface area contributed by atoms with Crippen LogP contribution in [0.5, 0.6) is 5.75 Å². The molecule has 19 heavy (non-hydrogen) atoms. The zero-order valence-electron chi connectivity index (χ0n) is 10.3. The van der Waals surface area contributed by atoms with Gasteiger partial charge in [-0.05, 0) is 42.3 Å². The number of ether oxygens (including phenoxy) is 1. The smallest absolute Gasteiger partial charge is 0.417 e. The van der Waals surface area contributed by atoms with Gasteiger partial charge in [0.2, 0.25) is 0 Å². The van der Waals surface area contributed by atoms with E-state index in [1.54, 1.807) is 24.3 Å². The summed E-state index contributed by atoms with van der Waals surface area (Å²) >= 11 is 0. The first-order chi connectivity index (χ1) is 9.02. The summed E-state index contributed by atoms with van der Waals surface area (Å²) in [6.45, 7) is 2.37. The van der Waals surface area contributed by atoms with Crippen LogP contribution in [-0.4, -0.2) is 6.61 Å². The Kier molecular flexibility index (Phi) is 3.79. The second-order valence-electron chi connectivity index (χ2n) is 3.93. The molecule has 2 rings (SSSR count). The van der Waals surface area contributed by atoms with E-state index in [0.29, 0.717) is 17.9 Å². The summed E-state index contributed by atoms with van der Waals surface area (Å²) in [6.07, 6.45) is -4.38. The number of benzene rings is 2. The molecule has 0 bridgehead atoms. The van der Waals surface area contributed by atoms with Crippen LogP contribution in [0.4, 0.5) is 13.2 Å². The Bertz CT molecular complexity index is 544. The fraction of sp³-hybridized carbons (Fsp3) is 0.200. The summed E-state index contributed by atoms with van der Waals surface area (Å²) in [4.78, 5) is 0. The lowest BCUT2D eigenvalue weighted by Gasteiger charge is -2.13. The fourth-order valence-electron chi connectivity index (χ4n) is 1.81. The van der Waals surface area contributed by atoms with Crippen LogP contribution in [0.15, 0.2) is 42.5 Å². The molecule has 0 saturated carbocycles. The van der Waals surface area contributed by atoms with E-state index in [0.717, 1.165) is 6.07 Å². The molecule has 0 aliphatic heterocycles. The third kappa shape index (κ3) is 3.08. The largest absolute Gasteiger partial charge is 0.494 e. The Labute approximate surface area is 109 Å². The Morgan fingerprint density at radius 3 is 2.37 bits per heavy atom. The van der Waals surface area contributed by atoms with E-state index >= 15 is 0 Å². The van der Waals surface area contributed by atoms with Crippen molar-refractivity contribution >= 4 is 0 Å². The quantitative estimate of drug-likeness (QED) is 0.789. The highest BCUT2D eigenvalue weighted by Gasteiger charge is 2.33. The maximum atomic E-state index is 12.9. The molecule has 0 N–H and O–H groups in total. The molecular formula is C15H12F3O. The van der Waals surface area contributed by atoms with Crippen LogP contribution in [0.25, 0.3) is 11.1 Å². The molecule has 0 aromatic heterocycles. The summed E-state index contributed by atoms with van der Waals surface area (Å²) in [5.41, 5.74) is -0.0294. The zero-order valence-corrected chi connectivity index (χ0v) is 10.3. The van der Waals surface area contributed by atoms with Crippen molar-refractivity contribution in [3.8, 4) is 16.9 Å². The van der Waals surface area contributed by atoms with Crippen LogP contribution in [-0.2, 0) is 6.18 Å². The monoisotopic (exact) mass is 265 g/mol. The molecule has 0 atom stereocenters. The molecule has 0 fully saturated rings. The molecule has 0 aliphatic carbocycles. The van der Waals surface area contributed by atoms with Gasteiger partial charge in [-0.15, -0.1) is 0 Å². The van der Waals surface area contributed by atoms with Crippen molar-refractivity contribution in [3.05, 3.63) is 54.1 Å². The van der Waals surface area contributed by atoms with Crippen molar-refractivity contribution in [2.75, 3.05) is 6.61 Å². The molecule has 2 aromatic carbocycles. The Balaban J connectivity index is 2.42. The molecule has 1 radical (unpaired) electrons. The van der Waals surface area contributed by atoms with Gasteiger partial charge in [0.25, 0.3) is 0 Å². The van der Waals surface area contributed by atoms with Gasteiger partial charge in [0, 0.05) is 0 Å². The van der Waals surface area contributed by atoms with Crippen LogP contribution in [0, 0.1) is 6.07 Å². The van der Waals surface area contributed by atoms with E-state index in [1.807, 2.05) is 6.92 Å². The van der Waals surface area contributed by atoms with Gasteiger partial charge in [-0.2, -0.15) is 13.2 Å². The van der Waals surface area contributed by atoms with E-state index in [4.69, 9.17) is 4.74 Å². The van der Waals surface area contributed by atoms with Crippen LogP contribution >= 0.6 is 0 Å². The molecule has 1 nitrogen and oxygen atoms in total. The topological polar surface area (TPSA) is 9.23 Å². The summed E-state index contributed by atoms with van der Waals surface area (Å²) in [5.74, 6) is 0.641. The first kappa shape index (κ1) is 13.5. The second kappa shape index (κ2) is 5.34. The van der Waals surface area contributed by atoms with E-state index in [-0.39, 0.29) is 5.56 Å². The molecule has 4 heteroatoms. The standard InChI is InChI=1S/C15H12F3O/c1-2-19-12-9-7-11(8-10-12)13-5-3-4-6-14(13)15(16,17)18/h3,5-10H,2H2,1H3. The lowest BCUT2D eigenvalue weighted by atomic mass is 9.99. The summed E-state index contributed by atoms with van der Waals surface area (Å²) in [7, 11) is 0. The van der Waals surface area contributed by atoms with Crippen LogP contribution in [0.2, 0.25) is 0 Å². The van der Waals surface area contributed by atoms with Crippen LogP contribution in [0.1, 0.15) is 12.5 Å². The third-order valence-corrected chi connectivity index (χ3v) is 2.65. The minimum atomic E-state index is -4.38. The zero-order chi connectivity index (χ0) is 13.9. The van der Waals surface area contributed by atoms with Crippen molar-refractivity contribution in [1.82, 2.24) is 0 Å². The van der Waals surface area contributed by atoms with Gasteiger partial charge in [0.05, 0.1) is 12.2 Å². The predicted octanol–water partition coefficient (Wildman–Crippen LogP) is 4.57. The number of halogens is 3. The lowest BCUT2D eigenvalue weighted by molar-refractivity contribution is -0.137. The highest BCUT2D eigenvalue weighted by atomic mass is 19.4. The number of rotatable bonds is 3. The van der Waals surface area contributed by atoms with E-state index in [2.05, 4.69) is 6.07 Å². The van der Waals surface area contributed by atoms with Gasteiger partial charge >= 0.3 is 6.18 Å². The molecule has 2 aromatic rings. The number of alkyl halides is 3. The summed E-state index contributed by atoms with van der Waals surface area (Å²) in [6, 6.07) is 12.9. The van der Waals surface area contributed by atoms with Crippen molar-refractivity contribution < 1.29 is 17.9 Å². The van der Waals surface area contributed by atoms with Gasteiger partial charge in [-0.3, -0.25) is 0 Å². The Morgan fingerprint density at radius 2 is 1.79 bits per heavy atom. The molecule has 0 unspecified atom stereocenters. The molecular weight excluding hydrogens is 253 g/mol. The average Bonchev–Trinajstić information content (AvgIpc) is 2.39. The normalized spacial score (nSPS) is 11.4. The molecule has 99 valence electrons. The van der Waals surface area contributed by atoms with Crippen LogP contribution < -0.4 is 4.74 Å². The minimum Gasteiger partial charge on any atom is -0.494 e.